The van der Waals surface area contributed by atoms with Crippen molar-refractivity contribution in [3.05, 3.63) is 48.8 Å². The smallest absolute Gasteiger partial charge is 0.106 e. The second-order valence-electron chi connectivity index (χ2n) is 2.43. The predicted octanol–water partition coefficient (Wildman–Crippen LogP) is -1.41. The normalized spacial score (nSPS) is 6.40. The van der Waals surface area contributed by atoms with Gasteiger partial charge in [-0.2, -0.15) is 0 Å². The zero-order valence-corrected chi connectivity index (χ0v) is 14.1. The van der Waals surface area contributed by atoms with E-state index in [4.69, 9.17) is 14.4 Å². The first kappa shape index (κ1) is 26.8. The number of hydrogen-bond donors (Lipinski definition) is 0. The second kappa shape index (κ2) is 22.4. The maximum Gasteiger partial charge on any atom is 0.106 e. The molecular weight excluding hydrogens is 454 g/mol. The number of carbonyl (C=O) groups is 3. The molecule has 0 aliphatic heterocycles. The molecule has 20 heavy (non-hydrogen) atoms. The Morgan fingerprint density at radius 2 is 0.950 bits per heavy atom. The molecule has 0 aliphatic carbocycles. The maximum atomic E-state index is 8.00. The molecule has 2 rings (SSSR count). The van der Waals surface area contributed by atoms with Gasteiger partial charge < -0.3 is 26.8 Å². The Bertz CT molecular complexity index is 365. The Labute approximate surface area is 137 Å². The third kappa shape index (κ3) is 11.4. The molecule has 0 fully saturated rings. The van der Waals surface area contributed by atoms with Crippen LogP contribution in [0.1, 0.15) is 0 Å². The van der Waals surface area contributed by atoms with Crippen LogP contribution in [0.4, 0.5) is 0 Å². The number of carbonyl (C=O) groups excluding carboxylic acids is 3. The van der Waals surface area contributed by atoms with Gasteiger partial charge in [0.1, 0.15) is 20.4 Å². The van der Waals surface area contributed by atoms with Crippen LogP contribution in [-0.4, -0.2) is 30.3 Å². The summed E-state index contributed by atoms with van der Waals surface area (Å²) in [6.45, 7) is 6.00. The van der Waals surface area contributed by atoms with Crippen molar-refractivity contribution in [3.63, 3.8) is 0 Å². The van der Waals surface area contributed by atoms with Crippen LogP contribution in [0.5, 0.6) is 0 Å². The third-order valence-corrected chi connectivity index (χ3v) is 1.59. The molecule has 5 nitrogen and oxygen atoms in total. The summed E-state index contributed by atoms with van der Waals surface area (Å²) >= 11 is 0. The first-order valence-electron chi connectivity index (χ1n) is 4.66. The summed E-state index contributed by atoms with van der Waals surface area (Å²) in [5.41, 5.74) is 1.83. The minimum Gasteiger partial charge on any atom is -1.00 e. The minimum atomic E-state index is 0. The number of hydrogen-bond acceptors (Lipinski definition) is 5. The molecule has 2 heterocycles. The van der Waals surface area contributed by atoms with Gasteiger partial charge in [-0.1, -0.05) is 12.1 Å². The largest absolute Gasteiger partial charge is 1.00 e. The zero-order valence-electron chi connectivity index (χ0n) is 10.6. The summed E-state index contributed by atoms with van der Waals surface area (Å²) in [5.74, 6) is 0. The summed E-state index contributed by atoms with van der Waals surface area (Å²) in [4.78, 5) is 32.4. The van der Waals surface area contributed by atoms with Crippen LogP contribution in [0, 0.1) is 0 Å². The summed E-state index contributed by atoms with van der Waals surface area (Å²) < 4.78 is 0. The number of rotatable bonds is 1. The van der Waals surface area contributed by atoms with Crippen molar-refractivity contribution in [2.24, 2.45) is 0 Å². The van der Waals surface area contributed by atoms with Gasteiger partial charge in [-0.3, -0.25) is 9.97 Å². The molecule has 0 bridgehead atoms. The Morgan fingerprint density at radius 1 is 0.650 bits per heavy atom. The van der Waals surface area contributed by atoms with E-state index in [0.29, 0.717) is 0 Å². The van der Waals surface area contributed by atoms with Crippen molar-refractivity contribution in [1.82, 2.24) is 9.97 Å². The number of halogens is 1. The molecule has 0 aromatic carbocycles. The first-order chi connectivity index (χ1) is 8.97. The van der Waals surface area contributed by atoms with Gasteiger partial charge >= 0.3 is 0 Å². The molecule has 7 heteroatoms. The van der Waals surface area contributed by atoms with E-state index >= 15 is 0 Å². The van der Waals surface area contributed by atoms with Gasteiger partial charge in [-0.15, -0.1) is 0 Å². The molecule has 2 aromatic rings. The van der Waals surface area contributed by atoms with Gasteiger partial charge in [-0.25, -0.2) is 0 Å². The van der Waals surface area contributed by atoms with Crippen molar-refractivity contribution in [3.8, 4) is 11.4 Å². The van der Waals surface area contributed by atoms with E-state index in [-0.39, 0.29) is 32.8 Å². The van der Waals surface area contributed by atoms with Gasteiger partial charge in [0.15, 0.2) is 0 Å². The molecule has 0 N–H and O–H groups in total. The Kier molecular flexibility index (Phi) is 30.0. The molecule has 0 saturated carbocycles. The fraction of sp³-hybridized carbons (Fsp3) is 0. The van der Waals surface area contributed by atoms with Gasteiger partial charge in [0.2, 0.25) is 0 Å². The van der Waals surface area contributed by atoms with Gasteiger partial charge in [0, 0.05) is 32.8 Å². The number of nitrogens with zero attached hydrogens (tertiary/aromatic N) is 2. The SMILES string of the molecule is C=O.C=O.C=O.[Cl-].[Re].c1ccc(-c2ccccn2)nc1. The van der Waals surface area contributed by atoms with E-state index in [2.05, 4.69) is 9.97 Å². The molecule has 0 unspecified atom stereocenters. The maximum absolute atomic E-state index is 8.00. The summed E-state index contributed by atoms with van der Waals surface area (Å²) in [5, 5.41) is 0. The fourth-order valence-corrected chi connectivity index (χ4v) is 1.03. The van der Waals surface area contributed by atoms with Crippen molar-refractivity contribution in [1.29, 1.82) is 0 Å². The van der Waals surface area contributed by atoms with Gasteiger partial charge in [0.05, 0.1) is 11.4 Å². The topological polar surface area (TPSA) is 77.0 Å². The standard InChI is InChI=1S/C10H8N2.3CH2O.ClH.Re/c1-3-7-11-9(5-1)10-6-2-4-8-12-10;3*1-2;;/h1-8H;3*1H2;1H;/p-1. The Morgan fingerprint density at radius 3 is 1.15 bits per heavy atom. The number of pyridine rings is 2. The van der Waals surface area contributed by atoms with Crippen LogP contribution < -0.4 is 12.4 Å². The summed E-state index contributed by atoms with van der Waals surface area (Å²) in [7, 11) is 0. The molecule has 1 radical (unpaired) electrons. The van der Waals surface area contributed by atoms with Crippen LogP contribution in [-0.2, 0) is 34.8 Å². The van der Waals surface area contributed by atoms with Crippen LogP contribution >= 0.6 is 0 Å². The van der Waals surface area contributed by atoms with Gasteiger partial charge in [0.25, 0.3) is 0 Å². The van der Waals surface area contributed by atoms with E-state index in [1.165, 1.54) is 0 Å². The molecule has 2 aromatic heterocycles. The van der Waals surface area contributed by atoms with Crippen LogP contribution in [0.2, 0.25) is 0 Å². The Hall–Kier alpha value is -1.74. The predicted molar refractivity (Wildman–Crippen MR) is 68.8 cm³/mol. The number of aromatic nitrogens is 2. The molecule has 0 spiro atoms. The summed E-state index contributed by atoms with van der Waals surface area (Å²) in [6.07, 6.45) is 3.54. The zero-order chi connectivity index (χ0) is 14.2. The minimum absolute atomic E-state index is 0. The molecule has 0 aliphatic rings. The van der Waals surface area contributed by atoms with E-state index in [1.54, 1.807) is 12.4 Å². The van der Waals surface area contributed by atoms with E-state index in [9.17, 15) is 0 Å². The second-order valence-corrected chi connectivity index (χ2v) is 2.43. The molecule has 0 amide bonds. The Balaban J connectivity index is -0.000000143. The molecule has 0 saturated heterocycles. The van der Waals surface area contributed by atoms with E-state index < -0.39 is 0 Å². The average Bonchev–Trinajstić information content (AvgIpc) is 2.55. The fourth-order valence-electron chi connectivity index (χ4n) is 1.03. The van der Waals surface area contributed by atoms with Crippen molar-refractivity contribution < 1.29 is 47.2 Å². The van der Waals surface area contributed by atoms with Crippen molar-refractivity contribution >= 4 is 20.4 Å². The quantitative estimate of drug-likeness (QED) is 0.515. The van der Waals surface area contributed by atoms with E-state index in [1.807, 2.05) is 56.8 Å². The monoisotopic (exact) mass is 468 g/mol. The average molecular weight is 468 g/mol. The van der Waals surface area contributed by atoms with E-state index in [0.717, 1.165) is 11.4 Å². The van der Waals surface area contributed by atoms with Crippen LogP contribution in [0.25, 0.3) is 11.4 Å². The molecular formula is C13H14ClN2O3Re-. The molecule has 0 atom stereocenters. The van der Waals surface area contributed by atoms with Crippen molar-refractivity contribution in [2.75, 3.05) is 0 Å². The van der Waals surface area contributed by atoms with Crippen LogP contribution in [0.15, 0.2) is 48.8 Å². The third-order valence-electron chi connectivity index (χ3n) is 1.59. The van der Waals surface area contributed by atoms with Crippen molar-refractivity contribution in [2.45, 2.75) is 0 Å². The first-order valence-corrected chi connectivity index (χ1v) is 4.66. The van der Waals surface area contributed by atoms with Crippen LogP contribution in [0.3, 0.4) is 0 Å². The summed E-state index contributed by atoms with van der Waals surface area (Å²) in [6, 6.07) is 11.6. The molecule has 109 valence electrons. The van der Waals surface area contributed by atoms with Gasteiger partial charge in [-0.05, 0) is 24.3 Å².